The topological polar surface area (TPSA) is 55.4 Å². The van der Waals surface area contributed by atoms with Gasteiger partial charge in [0.05, 0.1) is 5.56 Å². The Bertz CT molecular complexity index is 675. The summed E-state index contributed by atoms with van der Waals surface area (Å²) in [6.07, 6.45) is -0.867. The maximum absolute atomic E-state index is 12.5. The Kier molecular flexibility index (Phi) is 5.74. The fourth-order valence-electron chi connectivity index (χ4n) is 2.25. The molecule has 0 saturated carbocycles. The molecule has 0 fully saturated rings. The molecule has 0 aliphatic heterocycles. The van der Waals surface area contributed by atoms with E-state index in [2.05, 4.69) is 5.32 Å². The van der Waals surface area contributed by atoms with Gasteiger partial charge in [-0.25, -0.2) is 4.79 Å². The molecule has 0 aliphatic rings. The second-order valence-corrected chi connectivity index (χ2v) is 6.72. The van der Waals surface area contributed by atoms with Gasteiger partial charge in [0.2, 0.25) is 0 Å². The lowest BCUT2D eigenvalue weighted by atomic mass is 9.88. The largest absolute Gasteiger partial charge is 0.448 e. The number of carbonyl (C=O) groups is 2. The van der Waals surface area contributed by atoms with Gasteiger partial charge in [-0.3, -0.25) is 4.79 Å². The molecule has 0 radical (unpaired) electrons. The molecule has 0 saturated heterocycles. The highest BCUT2D eigenvalue weighted by Gasteiger charge is 2.35. The molecule has 0 spiro atoms. The van der Waals surface area contributed by atoms with Crippen LogP contribution in [0.15, 0.2) is 60.7 Å². The Hall–Kier alpha value is -2.62. The highest BCUT2D eigenvalue weighted by atomic mass is 16.5. The summed E-state index contributed by atoms with van der Waals surface area (Å²) in [5.41, 5.74) is 0.918. The predicted octanol–water partition coefficient (Wildman–Crippen LogP) is 3.57. The van der Waals surface area contributed by atoms with Gasteiger partial charge in [0, 0.05) is 12.0 Å². The normalized spacial score (nSPS) is 12.3. The molecule has 1 amide bonds. The molecular weight excluding hydrogens is 302 g/mol. The molecular formula is C20H23NO3. The van der Waals surface area contributed by atoms with E-state index in [1.807, 2.05) is 57.2 Å². The van der Waals surface area contributed by atoms with E-state index in [-0.39, 0.29) is 5.91 Å². The Morgan fingerprint density at radius 2 is 1.50 bits per heavy atom. The van der Waals surface area contributed by atoms with Gasteiger partial charge in [0.1, 0.15) is 0 Å². The Morgan fingerprint density at radius 1 is 0.958 bits per heavy atom. The monoisotopic (exact) mass is 325 g/mol. The van der Waals surface area contributed by atoms with Gasteiger partial charge >= 0.3 is 5.97 Å². The molecule has 0 aromatic heterocycles. The molecule has 1 N–H and O–H groups in total. The lowest BCUT2D eigenvalue weighted by Crippen LogP contribution is -2.45. The summed E-state index contributed by atoms with van der Waals surface area (Å²) in [6.45, 7) is 6.02. The number of rotatable bonds is 5. The number of nitrogens with one attached hydrogen (secondary N) is 1. The van der Waals surface area contributed by atoms with Crippen LogP contribution in [0.1, 0.15) is 36.7 Å². The minimum Gasteiger partial charge on any atom is -0.448 e. The Balaban J connectivity index is 2.05. The number of ether oxygens (including phenoxy) is 1. The quantitative estimate of drug-likeness (QED) is 0.855. The van der Waals surface area contributed by atoms with Crippen molar-refractivity contribution in [1.82, 2.24) is 5.32 Å². The van der Waals surface area contributed by atoms with Crippen molar-refractivity contribution in [3.63, 3.8) is 0 Å². The molecule has 4 heteroatoms. The van der Waals surface area contributed by atoms with E-state index >= 15 is 0 Å². The van der Waals surface area contributed by atoms with Crippen molar-refractivity contribution < 1.29 is 14.3 Å². The Labute approximate surface area is 142 Å². The fraction of sp³-hybridized carbons (Fsp3) is 0.300. The van der Waals surface area contributed by atoms with Crippen molar-refractivity contribution in [3.05, 3.63) is 71.8 Å². The van der Waals surface area contributed by atoms with Crippen LogP contribution in [0, 0.1) is 5.41 Å². The first kappa shape index (κ1) is 17.7. The van der Waals surface area contributed by atoms with E-state index in [0.29, 0.717) is 12.1 Å². The van der Waals surface area contributed by atoms with Crippen molar-refractivity contribution in [2.24, 2.45) is 5.41 Å². The van der Waals surface area contributed by atoms with Crippen LogP contribution in [-0.4, -0.2) is 18.0 Å². The van der Waals surface area contributed by atoms with Crippen LogP contribution in [0.25, 0.3) is 0 Å². The van der Waals surface area contributed by atoms with Crippen LogP contribution < -0.4 is 5.32 Å². The maximum Gasteiger partial charge on any atom is 0.338 e. The summed E-state index contributed by atoms with van der Waals surface area (Å²) in [6, 6.07) is 18.3. The first-order chi connectivity index (χ1) is 11.4. The molecule has 0 aliphatic carbocycles. The Morgan fingerprint density at radius 3 is 2.04 bits per heavy atom. The number of hydrogen-bond acceptors (Lipinski definition) is 3. The smallest absolute Gasteiger partial charge is 0.338 e. The zero-order valence-corrected chi connectivity index (χ0v) is 14.3. The molecule has 2 rings (SSSR count). The van der Waals surface area contributed by atoms with Gasteiger partial charge in [-0.15, -0.1) is 0 Å². The number of carbonyl (C=O) groups excluding carboxylic acids is 2. The third-order valence-electron chi connectivity index (χ3n) is 3.57. The number of hydrogen-bond donors (Lipinski definition) is 1. The van der Waals surface area contributed by atoms with Gasteiger partial charge < -0.3 is 10.1 Å². The molecule has 0 bridgehead atoms. The molecule has 2 aromatic rings. The minimum atomic E-state index is -0.867. The molecule has 1 unspecified atom stereocenters. The zero-order chi connectivity index (χ0) is 17.6. The second kappa shape index (κ2) is 7.77. The van der Waals surface area contributed by atoms with E-state index in [9.17, 15) is 9.59 Å². The van der Waals surface area contributed by atoms with E-state index < -0.39 is 17.5 Å². The second-order valence-electron chi connectivity index (χ2n) is 6.72. The number of benzene rings is 2. The maximum atomic E-state index is 12.5. The summed E-state index contributed by atoms with van der Waals surface area (Å²) < 4.78 is 5.50. The molecule has 2 aromatic carbocycles. The van der Waals surface area contributed by atoms with E-state index in [1.54, 1.807) is 24.3 Å². The number of esters is 1. The molecule has 24 heavy (non-hydrogen) atoms. The van der Waals surface area contributed by atoms with E-state index in [1.165, 1.54) is 0 Å². The minimum absolute atomic E-state index is 0.296. The summed E-state index contributed by atoms with van der Waals surface area (Å²) in [5, 5.41) is 2.85. The lowest BCUT2D eigenvalue weighted by Gasteiger charge is -2.29. The van der Waals surface area contributed by atoms with Crippen molar-refractivity contribution in [3.8, 4) is 0 Å². The van der Waals surface area contributed by atoms with E-state index in [4.69, 9.17) is 4.74 Å². The number of amides is 1. The average Bonchev–Trinajstić information content (AvgIpc) is 2.58. The molecule has 4 nitrogen and oxygen atoms in total. The van der Waals surface area contributed by atoms with Crippen LogP contribution in [0.2, 0.25) is 0 Å². The highest BCUT2D eigenvalue weighted by Crippen LogP contribution is 2.24. The van der Waals surface area contributed by atoms with Crippen LogP contribution in [-0.2, 0) is 16.1 Å². The third-order valence-corrected chi connectivity index (χ3v) is 3.57. The van der Waals surface area contributed by atoms with E-state index in [0.717, 1.165) is 5.56 Å². The van der Waals surface area contributed by atoms with Crippen molar-refractivity contribution in [1.29, 1.82) is 0 Å². The summed E-state index contributed by atoms with van der Waals surface area (Å²) in [4.78, 5) is 24.8. The van der Waals surface area contributed by atoms with Gasteiger partial charge in [-0.05, 0) is 17.7 Å². The van der Waals surface area contributed by atoms with Crippen LogP contribution in [0.5, 0.6) is 0 Å². The first-order valence-corrected chi connectivity index (χ1v) is 7.95. The summed E-state index contributed by atoms with van der Waals surface area (Å²) in [7, 11) is 0. The van der Waals surface area contributed by atoms with Crippen LogP contribution in [0.3, 0.4) is 0 Å². The summed E-state index contributed by atoms with van der Waals surface area (Å²) in [5.74, 6) is -0.791. The van der Waals surface area contributed by atoms with Crippen LogP contribution in [0.4, 0.5) is 0 Å². The van der Waals surface area contributed by atoms with Crippen molar-refractivity contribution >= 4 is 11.9 Å². The average molecular weight is 325 g/mol. The predicted molar refractivity (Wildman–Crippen MR) is 93.4 cm³/mol. The standard InChI is InChI=1S/C20H23NO3/c1-20(2,3)17(24-19(23)16-12-8-5-9-13-16)18(22)21-14-15-10-6-4-7-11-15/h4-13,17H,14H2,1-3H3,(H,21,22). The molecule has 0 heterocycles. The third kappa shape index (κ3) is 4.95. The lowest BCUT2D eigenvalue weighted by molar-refractivity contribution is -0.135. The molecule has 1 atom stereocenters. The fourth-order valence-corrected chi connectivity index (χ4v) is 2.25. The zero-order valence-electron chi connectivity index (χ0n) is 14.3. The van der Waals surface area contributed by atoms with Crippen molar-refractivity contribution in [2.75, 3.05) is 0 Å². The van der Waals surface area contributed by atoms with Gasteiger partial charge in [-0.1, -0.05) is 69.3 Å². The van der Waals surface area contributed by atoms with Gasteiger partial charge in [0.15, 0.2) is 6.10 Å². The summed E-state index contributed by atoms with van der Waals surface area (Å²) >= 11 is 0. The van der Waals surface area contributed by atoms with Crippen molar-refractivity contribution in [2.45, 2.75) is 33.4 Å². The SMILES string of the molecule is CC(C)(C)C(OC(=O)c1ccccc1)C(=O)NCc1ccccc1. The first-order valence-electron chi connectivity index (χ1n) is 7.95. The van der Waals surface area contributed by atoms with Gasteiger partial charge in [0.25, 0.3) is 5.91 Å². The molecule has 126 valence electrons. The van der Waals surface area contributed by atoms with Crippen LogP contribution >= 0.6 is 0 Å². The highest BCUT2D eigenvalue weighted by molar-refractivity contribution is 5.92. The van der Waals surface area contributed by atoms with Gasteiger partial charge in [-0.2, -0.15) is 0 Å².